The summed E-state index contributed by atoms with van der Waals surface area (Å²) < 4.78 is 0. The lowest BCUT2D eigenvalue weighted by atomic mass is 10.3. The van der Waals surface area contributed by atoms with Crippen LogP contribution < -0.4 is 10.6 Å². The Morgan fingerprint density at radius 2 is 2.00 bits per heavy atom. The summed E-state index contributed by atoms with van der Waals surface area (Å²) in [6.45, 7) is 5.41. The van der Waals surface area contributed by atoms with Crippen molar-refractivity contribution < 1.29 is 9.59 Å². The molecule has 0 fully saturated rings. The van der Waals surface area contributed by atoms with E-state index in [1.165, 1.54) is 6.92 Å². The first-order chi connectivity index (χ1) is 6.16. The van der Waals surface area contributed by atoms with E-state index in [0.717, 1.165) is 19.5 Å². The first-order valence-corrected chi connectivity index (χ1v) is 4.63. The number of carbonyl (C=O) groups excluding carboxylic acids is 2. The highest BCUT2D eigenvalue weighted by atomic mass is 16.2. The molecular weight excluding hydrogens is 168 g/mol. The van der Waals surface area contributed by atoms with Crippen LogP contribution in [-0.4, -0.2) is 31.3 Å². The molecule has 0 aliphatic carbocycles. The molecule has 1 amide bonds. The minimum atomic E-state index is -0.0481. The van der Waals surface area contributed by atoms with Gasteiger partial charge in [0.1, 0.15) is 5.78 Å². The third-order valence-corrected chi connectivity index (χ3v) is 1.54. The minimum Gasteiger partial charge on any atom is -0.349 e. The monoisotopic (exact) mass is 186 g/mol. The molecule has 0 aromatic rings. The summed E-state index contributed by atoms with van der Waals surface area (Å²) in [6, 6.07) is 0. The van der Waals surface area contributed by atoms with E-state index in [2.05, 4.69) is 10.6 Å². The summed E-state index contributed by atoms with van der Waals surface area (Å²) in [4.78, 5) is 21.5. The second-order valence-corrected chi connectivity index (χ2v) is 2.94. The summed E-state index contributed by atoms with van der Waals surface area (Å²) >= 11 is 0. The molecule has 0 saturated heterocycles. The van der Waals surface area contributed by atoms with Crippen LogP contribution in [0.4, 0.5) is 0 Å². The van der Waals surface area contributed by atoms with Gasteiger partial charge in [0.2, 0.25) is 5.91 Å². The summed E-state index contributed by atoms with van der Waals surface area (Å²) in [7, 11) is 0. The van der Waals surface area contributed by atoms with Crippen LogP contribution in [0, 0.1) is 0 Å². The molecule has 4 heteroatoms. The van der Waals surface area contributed by atoms with Gasteiger partial charge >= 0.3 is 0 Å². The molecular formula is C9H18N2O2. The molecule has 0 atom stereocenters. The van der Waals surface area contributed by atoms with Crippen molar-refractivity contribution in [3.05, 3.63) is 0 Å². The Balaban J connectivity index is 3.25. The Kier molecular flexibility index (Phi) is 7.20. The van der Waals surface area contributed by atoms with E-state index in [9.17, 15) is 9.59 Å². The van der Waals surface area contributed by atoms with Crippen molar-refractivity contribution in [2.45, 2.75) is 26.7 Å². The molecule has 0 spiro atoms. The summed E-state index contributed by atoms with van der Waals surface area (Å²) in [5.41, 5.74) is 0. The number of ketones is 1. The van der Waals surface area contributed by atoms with Crippen LogP contribution in [0.25, 0.3) is 0 Å². The number of hydrogen-bond donors (Lipinski definition) is 2. The first kappa shape index (κ1) is 12.1. The van der Waals surface area contributed by atoms with Gasteiger partial charge in [0.05, 0.1) is 6.54 Å². The van der Waals surface area contributed by atoms with Crippen LogP contribution >= 0.6 is 0 Å². The molecule has 0 aromatic heterocycles. The molecule has 0 bridgehead atoms. The van der Waals surface area contributed by atoms with E-state index in [0.29, 0.717) is 6.42 Å². The van der Waals surface area contributed by atoms with Gasteiger partial charge in [0.15, 0.2) is 0 Å². The molecule has 0 unspecified atom stereocenters. The predicted molar refractivity (Wildman–Crippen MR) is 51.5 cm³/mol. The fraction of sp³-hybridized carbons (Fsp3) is 0.778. The lowest BCUT2D eigenvalue weighted by Gasteiger charge is -2.02. The third-order valence-electron chi connectivity index (χ3n) is 1.54. The average molecular weight is 186 g/mol. The van der Waals surface area contributed by atoms with E-state index in [1.807, 2.05) is 6.92 Å². The molecule has 4 nitrogen and oxygen atoms in total. The first-order valence-electron chi connectivity index (χ1n) is 4.63. The van der Waals surface area contributed by atoms with Crippen molar-refractivity contribution in [3.63, 3.8) is 0 Å². The lowest BCUT2D eigenvalue weighted by molar-refractivity contribution is -0.124. The quantitative estimate of drug-likeness (QED) is 0.554. The Hall–Kier alpha value is -0.900. The number of Topliss-reactive ketones (excluding diaryl/α,β-unsaturated/α-hetero) is 1. The molecule has 2 N–H and O–H groups in total. The van der Waals surface area contributed by atoms with Gasteiger partial charge in [-0.15, -0.1) is 0 Å². The minimum absolute atomic E-state index is 0.0139. The number of hydrogen-bond acceptors (Lipinski definition) is 3. The van der Waals surface area contributed by atoms with Crippen molar-refractivity contribution in [3.8, 4) is 0 Å². The third kappa shape index (κ3) is 9.01. The van der Waals surface area contributed by atoms with Gasteiger partial charge in [-0.25, -0.2) is 0 Å². The van der Waals surface area contributed by atoms with E-state index < -0.39 is 0 Å². The second kappa shape index (κ2) is 7.73. The molecule has 0 aromatic carbocycles. The molecule has 0 saturated carbocycles. The van der Waals surface area contributed by atoms with Gasteiger partial charge in [-0.2, -0.15) is 0 Å². The highest BCUT2D eigenvalue weighted by Gasteiger charge is 2.00. The Morgan fingerprint density at radius 1 is 1.31 bits per heavy atom. The summed E-state index contributed by atoms with van der Waals surface area (Å²) in [5.74, 6) is -0.0619. The van der Waals surface area contributed by atoms with Gasteiger partial charge in [-0.3, -0.25) is 9.59 Å². The highest BCUT2D eigenvalue weighted by Crippen LogP contribution is 1.86. The second-order valence-electron chi connectivity index (χ2n) is 2.94. The summed E-state index contributed by atoms with van der Waals surface area (Å²) in [6.07, 6.45) is 1.30. The molecule has 0 aliphatic heterocycles. The van der Waals surface area contributed by atoms with Gasteiger partial charge in [-0.1, -0.05) is 6.92 Å². The molecule has 0 rings (SSSR count). The van der Waals surface area contributed by atoms with Crippen molar-refractivity contribution in [1.82, 2.24) is 10.6 Å². The topological polar surface area (TPSA) is 58.2 Å². The van der Waals surface area contributed by atoms with Gasteiger partial charge in [0.25, 0.3) is 0 Å². The van der Waals surface area contributed by atoms with Gasteiger partial charge < -0.3 is 10.6 Å². The van der Waals surface area contributed by atoms with E-state index in [1.54, 1.807) is 0 Å². The molecule has 0 heterocycles. The van der Waals surface area contributed by atoms with E-state index >= 15 is 0 Å². The zero-order chi connectivity index (χ0) is 10.1. The van der Waals surface area contributed by atoms with Crippen molar-refractivity contribution in [2.24, 2.45) is 0 Å². The van der Waals surface area contributed by atoms with Crippen LogP contribution in [0.2, 0.25) is 0 Å². The zero-order valence-electron chi connectivity index (χ0n) is 8.35. The van der Waals surface area contributed by atoms with Crippen LogP contribution in [0.1, 0.15) is 26.7 Å². The maximum atomic E-state index is 11.0. The van der Waals surface area contributed by atoms with Crippen LogP contribution in [0.15, 0.2) is 0 Å². The van der Waals surface area contributed by atoms with Crippen LogP contribution in [0.3, 0.4) is 0 Å². The fourth-order valence-corrected chi connectivity index (χ4v) is 0.862. The van der Waals surface area contributed by atoms with Crippen molar-refractivity contribution in [1.29, 1.82) is 0 Å². The number of carbonyl (C=O) groups is 2. The van der Waals surface area contributed by atoms with Crippen molar-refractivity contribution >= 4 is 11.7 Å². The van der Waals surface area contributed by atoms with Gasteiger partial charge in [-0.05, 0) is 26.4 Å². The Labute approximate surface area is 79.1 Å². The Bertz CT molecular complexity index is 169. The standard InChI is InChI=1S/C9H18N2O2/c1-3-10-6-4-5-9(13)11-7-8(2)12/h10H,3-7H2,1-2H3,(H,11,13). The largest absolute Gasteiger partial charge is 0.349 e. The fourth-order valence-electron chi connectivity index (χ4n) is 0.862. The maximum Gasteiger partial charge on any atom is 0.220 e. The average Bonchev–Trinajstić information content (AvgIpc) is 2.09. The molecule has 13 heavy (non-hydrogen) atoms. The van der Waals surface area contributed by atoms with E-state index in [-0.39, 0.29) is 18.2 Å². The highest BCUT2D eigenvalue weighted by molar-refractivity contribution is 5.84. The maximum absolute atomic E-state index is 11.0. The molecule has 0 aliphatic rings. The Morgan fingerprint density at radius 3 is 2.54 bits per heavy atom. The zero-order valence-corrected chi connectivity index (χ0v) is 8.35. The van der Waals surface area contributed by atoms with Crippen molar-refractivity contribution in [2.75, 3.05) is 19.6 Å². The normalized spacial score (nSPS) is 9.69. The van der Waals surface area contributed by atoms with E-state index in [4.69, 9.17) is 0 Å². The van der Waals surface area contributed by atoms with Gasteiger partial charge in [0, 0.05) is 6.42 Å². The SMILES string of the molecule is CCNCCCC(=O)NCC(C)=O. The lowest BCUT2D eigenvalue weighted by Crippen LogP contribution is -2.28. The van der Waals surface area contributed by atoms with Crippen LogP contribution in [-0.2, 0) is 9.59 Å². The number of rotatable bonds is 7. The predicted octanol–water partition coefficient (Wildman–Crippen LogP) is 0.0813. The molecule has 0 radical (unpaired) electrons. The molecule has 76 valence electrons. The number of nitrogens with one attached hydrogen (secondary N) is 2. The smallest absolute Gasteiger partial charge is 0.220 e. The van der Waals surface area contributed by atoms with Crippen LogP contribution in [0.5, 0.6) is 0 Å². The summed E-state index contributed by atoms with van der Waals surface area (Å²) in [5, 5.41) is 5.66. The number of amides is 1.